The zero-order valence-electron chi connectivity index (χ0n) is 20.1. The highest BCUT2D eigenvalue weighted by molar-refractivity contribution is 6.03. The first-order valence-corrected chi connectivity index (χ1v) is 11.2. The van der Waals surface area contributed by atoms with Gasteiger partial charge in [-0.15, -0.1) is 0 Å². The lowest BCUT2D eigenvalue weighted by molar-refractivity contribution is -0.185. The molecule has 13 heteroatoms. The Labute approximate surface area is 204 Å². The third kappa shape index (κ3) is 4.29. The van der Waals surface area contributed by atoms with Crippen molar-refractivity contribution in [2.24, 2.45) is 5.73 Å². The number of aromatic nitrogens is 4. The van der Waals surface area contributed by atoms with E-state index < -0.39 is 35.1 Å². The number of halogens is 3. The molecule has 0 aliphatic heterocycles. The summed E-state index contributed by atoms with van der Waals surface area (Å²) in [6.45, 7) is 5.49. The van der Waals surface area contributed by atoms with E-state index in [1.54, 1.807) is 23.7 Å². The number of primary amides is 1. The number of nitrogens with one attached hydrogen (secondary N) is 1. The van der Waals surface area contributed by atoms with Crippen molar-refractivity contribution >= 4 is 23.5 Å². The molecule has 192 valence electrons. The monoisotopic (exact) mass is 505 g/mol. The molecule has 0 bridgehead atoms. The Hall–Kier alpha value is -3.90. The van der Waals surface area contributed by atoms with Crippen LogP contribution in [-0.2, 0) is 15.7 Å². The summed E-state index contributed by atoms with van der Waals surface area (Å²) < 4.78 is 46.1. The molecule has 1 aliphatic rings. The number of nitrogens with two attached hydrogens (primary N) is 2. The summed E-state index contributed by atoms with van der Waals surface area (Å²) in [6.07, 6.45) is -1.37. The number of hydrogen-bond donors (Lipinski definition) is 3. The van der Waals surface area contributed by atoms with Crippen LogP contribution in [0.2, 0.25) is 0 Å². The molecule has 0 aromatic carbocycles. The van der Waals surface area contributed by atoms with Crippen molar-refractivity contribution < 1.29 is 27.3 Å². The predicted octanol–water partition coefficient (Wildman–Crippen LogP) is 3.71. The fraction of sp³-hybridized carbons (Fsp3) is 0.435. The van der Waals surface area contributed by atoms with E-state index >= 15 is 0 Å². The fourth-order valence-electron chi connectivity index (χ4n) is 3.61. The van der Waals surface area contributed by atoms with Crippen molar-refractivity contribution in [1.82, 2.24) is 19.9 Å². The molecule has 1 fully saturated rings. The minimum Gasteiger partial charge on any atom is -0.383 e. The Balaban J connectivity index is 1.52. The van der Waals surface area contributed by atoms with Gasteiger partial charge in [-0.05, 0) is 52.2 Å². The standard InChI is InChI=1S/C23H26F3N7O3/c1-11(20(35)30-15-9-14(36-32-15)21(2,3)23(24,25)26)12-5-6-13(29-10-12)17-16(19(28)34)18(27)33(31-17)22(4)7-8-22/h5-6,9-11H,7-8,27H2,1-4H3,(H2,28,34)(H,30,32,35). The first kappa shape index (κ1) is 25.2. The molecular formula is C23H26F3N7O3. The molecule has 3 aromatic heterocycles. The Morgan fingerprint density at radius 2 is 1.92 bits per heavy atom. The molecule has 5 N–H and O–H groups in total. The molecule has 3 aromatic rings. The largest absolute Gasteiger partial charge is 0.401 e. The maximum absolute atomic E-state index is 13.2. The summed E-state index contributed by atoms with van der Waals surface area (Å²) in [4.78, 5) is 29.1. The van der Waals surface area contributed by atoms with E-state index in [4.69, 9.17) is 16.0 Å². The van der Waals surface area contributed by atoms with Gasteiger partial charge < -0.3 is 21.3 Å². The molecule has 3 heterocycles. The molecule has 0 saturated heterocycles. The second-order valence-electron chi connectivity index (χ2n) is 9.77. The van der Waals surface area contributed by atoms with Gasteiger partial charge in [-0.1, -0.05) is 11.2 Å². The van der Waals surface area contributed by atoms with Gasteiger partial charge in [0.2, 0.25) is 5.91 Å². The Morgan fingerprint density at radius 1 is 1.25 bits per heavy atom. The second-order valence-corrected chi connectivity index (χ2v) is 9.77. The fourth-order valence-corrected chi connectivity index (χ4v) is 3.61. The van der Waals surface area contributed by atoms with Gasteiger partial charge in [0, 0.05) is 12.3 Å². The van der Waals surface area contributed by atoms with Crippen LogP contribution in [-0.4, -0.2) is 37.9 Å². The lowest BCUT2D eigenvalue weighted by atomic mass is 9.89. The van der Waals surface area contributed by atoms with E-state index in [1.165, 1.54) is 6.20 Å². The van der Waals surface area contributed by atoms with Gasteiger partial charge in [0.1, 0.15) is 22.5 Å². The van der Waals surface area contributed by atoms with Crippen LogP contribution in [0.5, 0.6) is 0 Å². The summed E-state index contributed by atoms with van der Waals surface area (Å²) >= 11 is 0. The third-order valence-electron chi connectivity index (χ3n) is 6.66. The molecule has 36 heavy (non-hydrogen) atoms. The number of rotatable bonds is 7. The number of amides is 2. The Morgan fingerprint density at radius 3 is 2.44 bits per heavy atom. The first-order valence-electron chi connectivity index (χ1n) is 11.2. The van der Waals surface area contributed by atoms with Crippen molar-refractivity contribution in [2.75, 3.05) is 11.1 Å². The Kier molecular flexibility index (Phi) is 5.84. The summed E-state index contributed by atoms with van der Waals surface area (Å²) in [7, 11) is 0. The van der Waals surface area contributed by atoms with Gasteiger partial charge in [0.05, 0.1) is 17.2 Å². The SMILES string of the molecule is CC(C(=O)Nc1cc(C(C)(C)C(F)(F)F)on1)c1ccc(-c2nn(C3(C)CC3)c(N)c2C(N)=O)nc1. The number of carbonyl (C=O) groups is 2. The molecule has 10 nitrogen and oxygen atoms in total. The average Bonchev–Trinajstić information content (AvgIpc) is 3.19. The van der Waals surface area contributed by atoms with Crippen LogP contribution in [0.15, 0.2) is 28.9 Å². The van der Waals surface area contributed by atoms with E-state index in [0.29, 0.717) is 11.3 Å². The molecule has 1 unspecified atom stereocenters. The topological polar surface area (TPSA) is 155 Å². The van der Waals surface area contributed by atoms with E-state index in [9.17, 15) is 22.8 Å². The minimum absolute atomic E-state index is 0.0813. The van der Waals surface area contributed by atoms with Crippen LogP contribution in [0.1, 0.15) is 68.1 Å². The van der Waals surface area contributed by atoms with Crippen molar-refractivity contribution in [3.63, 3.8) is 0 Å². The summed E-state index contributed by atoms with van der Waals surface area (Å²) in [5.74, 6) is -2.36. The first-order chi connectivity index (χ1) is 16.7. The molecule has 2 amide bonds. The number of nitrogens with zero attached hydrogens (tertiary/aromatic N) is 4. The van der Waals surface area contributed by atoms with Gasteiger partial charge >= 0.3 is 6.18 Å². The van der Waals surface area contributed by atoms with E-state index in [0.717, 1.165) is 32.8 Å². The summed E-state index contributed by atoms with van der Waals surface area (Å²) in [5, 5.41) is 10.5. The number of nitrogen functional groups attached to an aromatic ring is 1. The summed E-state index contributed by atoms with van der Waals surface area (Å²) in [6, 6.07) is 4.27. The Bertz CT molecular complexity index is 1320. The second kappa shape index (κ2) is 8.35. The van der Waals surface area contributed by atoms with Crippen molar-refractivity contribution in [3.05, 3.63) is 41.3 Å². The quantitative estimate of drug-likeness (QED) is 0.442. The molecule has 1 saturated carbocycles. The average molecular weight is 506 g/mol. The van der Waals surface area contributed by atoms with Crippen LogP contribution in [0.3, 0.4) is 0 Å². The van der Waals surface area contributed by atoms with Gasteiger partial charge in [0.25, 0.3) is 5.91 Å². The number of pyridine rings is 1. The number of anilines is 2. The van der Waals surface area contributed by atoms with Gasteiger partial charge in [0.15, 0.2) is 11.6 Å². The third-order valence-corrected chi connectivity index (χ3v) is 6.66. The predicted molar refractivity (Wildman–Crippen MR) is 124 cm³/mol. The van der Waals surface area contributed by atoms with Crippen LogP contribution in [0.4, 0.5) is 24.8 Å². The molecule has 1 atom stereocenters. The number of carbonyl (C=O) groups excluding carboxylic acids is 2. The normalized spacial score (nSPS) is 16.0. The maximum Gasteiger partial charge on any atom is 0.401 e. The number of hydrogen-bond acceptors (Lipinski definition) is 7. The van der Waals surface area contributed by atoms with Crippen LogP contribution in [0, 0.1) is 0 Å². The number of alkyl halides is 3. The van der Waals surface area contributed by atoms with Crippen molar-refractivity contribution in [2.45, 2.75) is 63.6 Å². The minimum atomic E-state index is -4.56. The summed E-state index contributed by atoms with van der Waals surface area (Å²) in [5.41, 5.74) is 10.4. The highest BCUT2D eigenvalue weighted by Gasteiger charge is 2.51. The zero-order valence-corrected chi connectivity index (χ0v) is 20.1. The van der Waals surface area contributed by atoms with E-state index in [2.05, 4.69) is 20.6 Å². The van der Waals surface area contributed by atoms with Crippen LogP contribution in [0.25, 0.3) is 11.4 Å². The highest BCUT2D eigenvalue weighted by atomic mass is 19.4. The van der Waals surface area contributed by atoms with Crippen LogP contribution >= 0.6 is 0 Å². The highest BCUT2D eigenvalue weighted by Crippen LogP contribution is 2.45. The van der Waals surface area contributed by atoms with Gasteiger partial charge in [-0.25, -0.2) is 4.68 Å². The molecule has 4 rings (SSSR count). The molecular weight excluding hydrogens is 479 g/mol. The van der Waals surface area contributed by atoms with E-state index in [1.807, 2.05) is 6.92 Å². The van der Waals surface area contributed by atoms with Crippen molar-refractivity contribution in [1.29, 1.82) is 0 Å². The van der Waals surface area contributed by atoms with E-state index in [-0.39, 0.29) is 28.4 Å². The lowest BCUT2D eigenvalue weighted by Gasteiger charge is -2.24. The van der Waals surface area contributed by atoms with Crippen molar-refractivity contribution in [3.8, 4) is 11.4 Å². The molecule has 0 spiro atoms. The smallest absolute Gasteiger partial charge is 0.383 e. The lowest BCUT2D eigenvalue weighted by Crippen LogP contribution is -2.35. The molecule has 1 aliphatic carbocycles. The van der Waals surface area contributed by atoms with Gasteiger partial charge in [-0.3, -0.25) is 14.6 Å². The van der Waals surface area contributed by atoms with Crippen LogP contribution < -0.4 is 16.8 Å². The molecule has 0 radical (unpaired) electrons. The zero-order chi connectivity index (χ0) is 26.6. The van der Waals surface area contributed by atoms with Gasteiger partial charge in [-0.2, -0.15) is 18.3 Å². The maximum atomic E-state index is 13.2.